The summed E-state index contributed by atoms with van der Waals surface area (Å²) in [5.74, 6) is 1.28. The molecule has 2 rings (SSSR count). The molecule has 2 atom stereocenters. The average molecular weight is 152 g/mol. The van der Waals surface area contributed by atoms with Gasteiger partial charge in [0.2, 0.25) is 0 Å². The van der Waals surface area contributed by atoms with Crippen LogP contribution in [0.4, 0.5) is 0 Å². The summed E-state index contributed by atoms with van der Waals surface area (Å²) in [6, 6.07) is 0. The Kier molecular flexibility index (Phi) is 1.55. The Balaban J connectivity index is 2.23. The monoisotopic (exact) mass is 152 g/mol. The van der Waals surface area contributed by atoms with Crippen LogP contribution < -0.4 is 0 Å². The fraction of sp³-hybridized carbons (Fsp3) is 0.900. The van der Waals surface area contributed by atoms with Crippen molar-refractivity contribution in [2.24, 2.45) is 11.3 Å². The molecule has 0 spiro atoms. The molecule has 0 aromatic carbocycles. The first-order chi connectivity index (χ1) is 5.23. The highest BCUT2D eigenvalue weighted by atomic mass is 16.1. The number of hydrogen-bond acceptors (Lipinski definition) is 1. The Hall–Kier alpha value is -0.330. The lowest BCUT2D eigenvalue weighted by atomic mass is 9.69. The molecule has 0 bridgehead atoms. The van der Waals surface area contributed by atoms with Gasteiger partial charge in [-0.1, -0.05) is 19.8 Å². The van der Waals surface area contributed by atoms with Crippen LogP contribution in [0.3, 0.4) is 0 Å². The highest BCUT2D eigenvalue weighted by Crippen LogP contribution is 2.49. The van der Waals surface area contributed by atoms with Crippen LogP contribution in [-0.2, 0) is 4.79 Å². The standard InChI is InChI=1S/C10H16O/c1-10-7-3-2-4-8(10)5-6-9(10)11/h8H,2-7H2,1H3. The molecule has 0 aliphatic heterocycles. The Morgan fingerprint density at radius 3 is 2.91 bits per heavy atom. The van der Waals surface area contributed by atoms with Gasteiger partial charge in [-0.15, -0.1) is 0 Å². The second-order valence-electron chi connectivity index (χ2n) is 4.32. The van der Waals surface area contributed by atoms with Gasteiger partial charge < -0.3 is 0 Å². The molecule has 0 aromatic rings. The lowest BCUT2D eigenvalue weighted by molar-refractivity contribution is -0.127. The maximum Gasteiger partial charge on any atom is 0.139 e. The first kappa shape index (κ1) is 7.33. The third kappa shape index (κ3) is 0.935. The van der Waals surface area contributed by atoms with Gasteiger partial charge in [-0.2, -0.15) is 0 Å². The predicted octanol–water partition coefficient (Wildman–Crippen LogP) is 2.55. The van der Waals surface area contributed by atoms with Crippen molar-refractivity contribution in [3.05, 3.63) is 0 Å². The average Bonchev–Trinajstić information content (AvgIpc) is 2.29. The lowest BCUT2D eigenvalue weighted by Crippen LogP contribution is -2.31. The number of Topliss-reactive ketones (excluding diaryl/α,β-unsaturated/α-hetero) is 1. The second kappa shape index (κ2) is 2.33. The molecule has 0 heterocycles. The Morgan fingerprint density at radius 1 is 1.36 bits per heavy atom. The molecule has 11 heavy (non-hydrogen) atoms. The van der Waals surface area contributed by atoms with E-state index in [0.717, 1.165) is 18.8 Å². The Morgan fingerprint density at radius 2 is 2.18 bits per heavy atom. The summed E-state index contributed by atoms with van der Waals surface area (Å²) in [6.07, 6.45) is 7.14. The van der Waals surface area contributed by atoms with Crippen LogP contribution in [0.1, 0.15) is 45.4 Å². The van der Waals surface area contributed by atoms with Gasteiger partial charge >= 0.3 is 0 Å². The summed E-state index contributed by atoms with van der Waals surface area (Å²) in [5.41, 5.74) is 0.109. The van der Waals surface area contributed by atoms with Gasteiger partial charge in [-0.05, 0) is 25.2 Å². The molecule has 0 aromatic heterocycles. The fourth-order valence-corrected chi connectivity index (χ4v) is 2.83. The van der Waals surface area contributed by atoms with Crippen LogP contribution in [0.2, 0.25) is 0 Å². The molecule has 62 valence electrons. The highest BCUT2D eigenvalue weighted by molar-refractivity contribution is 5.87. The maximum atomic E-state index is 11.5. The van der Waals surface area contributed by atoms with Crippen molar-refractivity contribution in [1.29, 1.82) is 0 Å². The normalized spacial score (nSPS) is 44.1. The number of carbonyl (C=O) groups is 1. The fourth-order valence-electron chi connectivity index (χ4n) is 2.83. The number of carbonyl (C=O) groups excluding carboxylic acids is 1. The third-order valence-corrected chi connectivity index (χ3v) is 3.76. The van der Waals surface area contributed by atoms with E-state index in [0.29, 0.717) is 5.78 Å². The topological polar surface area (TPSA) is 17.1 Å². The molecule has 2 unspecified atom stereocenters. The molecule has 2 aliphatic carbocycles. The van der Waals surface area contributed by atoms with Gasteiger partial charge in [0.25, 0.3) is 0 Å². The van der Waals surface area contributed by atoms with E-state index in [-0.39, 0.29) is 5.41 Å². The van der Waals surface area contributed by atoms with Gasteiger partial charge in [0.1, 0.15) is 5.78 Å². The predicted molar refractivity (Wildman–Crippen MR) is 44.3 cm³/mol. The molecule has 1 heteroatoms. The maximum absolute atomic E-state index is 11.5. The highest BCUT2D eigenvalue weighted by Gasteiger charge is 2.46. The van der Waals surface area contributed by atoms with E-state index in [1.807, 2.05) is 0 Å². The molecule has 2 saturated carbocycles. The summed E-state index contributed by atoms with van der Waals surface area (Å²) < 4.78 is 0. The number of hydrogen-bond donors (Lipinski definition) is 0. The molecule has 2 aliphatic rings. The van der Waals surface area contributed by atoms with Crippen molar-refractivity contribution in [3.63, 3.8) is 0 Å². The van der Waals surface area contributed by atoms with E-state index in [2.05, 4.69) is 6.92 Å². The van der Waals surface area contributed by atoms with Crippen LogP contribution in [0, 0.1) is 11.3 Å². The molecular weight excluding hydrogens is 136 g/mol. The van der Waals surface area contributed by atoms with Gasteiger partial charge in [-0.3, -0.25) is 4.79 Å². The first-order valence-corrected chi connectivity index (χ1v) is 4.77. The lowest BCUT2D eigenvalue weighted by Gasteiger charge is -2.34. The Bertz CT molecular complexity index is 185. The summed E-state index contributed by atoms with van der Waals surface area (Å²) >= 11 is 0. The number of rotatable bonds is 0. The zero-order valence-electron chi connectivity index (χ0n) is 7.23. The van der Waals surface area contributed by atoms with Crippen molar-refractivity contribution in [2.45, 2.75) is 45.4 Å². The quantitative estimate of drug-likeness (QED) is 0.521. The van der Waals surface area contributed by atoms with Crippen LogP contribution >= 0.6 is 0 Å². The third-order valence-electron chi connectivity index (χ3n) is 3.76. The van der Waals surface area contributed by atoms with Gasteiger partial charge in [-0.25, -0.2) is 0 Å². The minimum absolute atomic E-state index is 0.109. The molecule has 0 radical (unpaired) electrons. The summed E-state index contributed by atoms with van der Waals surface area (Å²) in [7, 11) is 0. The van der Waals surface area contributed by atoms with E-state index >= 15 is 0 Å². The SMILES string of the molecule is CC12CCCCC1CCC2=O. The first-order valence-electron chi connectivity index (χ1n) is 4.77. The molecule has 0 saturated heterocycles. The minimum atomic E-state index is 0.109. The molecule has 0 N–H and O–H groups in total. The van der Waals surface area contributed by atoms with Gasteiger partial charge in [0, 0.05) is 11.8 Å². The molecular formula is C10H16O. The molecule has 1 nitrogen and oxygen atoms in total. The van der Waals surface area contributed by atoms with Crippen LogP contribution in [0.5, 0.6) is 0 Å². The van der Waals surface area contributed by atoms with E-state index in [1.54, 1.807) is 0 Å². The van der Waals surface area contributed by atoms with Crippen molar-refractivity contribution < 1.29 is 4.79 Å². The zero-order chi connectivity index (χ0) is 7.90. The summed E-state index contributed by atoms with van der Waals surface area (Å²) in [5, 5.41) is 0. The van der Waals surface area contributed by atoms with Crippen molar-refractivity contribution in [2.75, 3.05) is 0 Å². The van der Waals surface area contributed by atoms with Crippen molar-refractivity contribution >= 4 is 5.78 Å². The summed E-state index contributed by atoms with van der Waals surface area (Å²) in [4.78, 5) is 11.5. The molecule has 2 fully saturated rings. The van der Waals surface area contributed by atoms with Crippen LogP contribution in [0.15, 0.2) is 0 Å². The van der Waals surface area contributed by atoms with Crippen molar-refractivity contribution in [3.8, 4) is 0 Å². The Labute approximate surface area is 68.2 Å². The van der Waals surface area contributed by atoms with E-state index < -0.39 is 0 Å². The second-order valence-corrected chi connectivity index (χ2v) is 4.32. The smallest absolute Gasteiger partial charge is 0.139 e. The van der Waals surface area contributed by atoms with E-state index in [9.17, 15) is 4.79 Å². The number of fused-ring (bicyclic) bond motifs is 1. The van der Waals surface area contributed by atoms with E-state index in [1.165, 1.54) is 25.7 Å². The van der Waals surface area contributed by atoms with Gasteiger partial charge in [0.15, 0.2) is 0 Å². The van der Waals surface area contributed by atoms with Gasteiger partial charge in [0.05, 0.1) is 0 Å². The van der Waals surface area contributed by atoms with Crippen LogP contribution in [0.25, 0.3) is 0 Å². The minimum Gasteiger partial charge on any atom is -0.299 e. The van der Waals surface area contributed by atoms with Crippen LogP contribution in [-0.4, -0.2) is 5.78 Å². The summed E-state index contributed by atoms with van der Waals surface area (Å²) in [6.45, 7) is 2.19. The van der Waals surface area contributed by atoms with Crippen molar-refractivity contribution in [1.82, 2.24) is 0 Å². The zero-order valence-corrected chi connectivity index (χ0v) is 7.23. The number of ketones is 1. The molecule has 0 amide bonds. The largest absolute Gasteiger partial charge is 0.299 e. The van der Waals surface area contributed by atoms with E-state index in [4.69, 9.17) is 0 Å².